The van der Waals surface area contributed by atoms with E-state index in [9.17, 15) is 4.39 Å². The van der Waals surface area contributed by atoms with Crippen molar-refractivity contribution in [2.24, 2.45) is 5.11 Å². The number of imidazole rings is 1. The molecule has 27 heavy (non-hydrogen) atoms. The molecular formula is C19H16FN7. The van der Waals surface area contributed by atoms with Gasteiger partial charge in [-0.25, -0.2) is 19.9 Å². The maximum Gasteiger partial charge on any atom is 0.180 e. The molecule has 0 atom stereocenters. The van der Waals surface area contributed by atoms with E-state index in [-0.39, 0.29) is 11.6 Å². The largest absolute Gasteiger partial charge is 0.386 e. The van der Waals surface area contributed by atoms with Crippen LogP contribution in [0.5, 0.6) is 0 Å². The van der Waals surface area contributed by atoms with Crippen molar-refractivity contribution < 1.29 is 4.39 Å². The number of nitrogens with one attached hydrogen (secondary N) is 2. The SMILES string of the molecule is CNc1cc(-c2c(-c3ccc(F)cc3)nc(N)c3nccn23)ccc1N=N. The molecule has 0 aliphatic carbocycles. The van der Waals surface area contributed by atoms with Gasteiger partial charge in [-0.2, -0.15) is 5.11 Å². The molecule has 0 saturated heterocycles. The summed E-state index contributed by atoms with van der Waals surface area (Å²) in [5, 5.41) is 6.57. The van der Waals surface area contributed by atoms with Gasteiger partial charge in [-0.05, 0) is 36.4 Å². The van der Waals surface area contributed by atoms with Gasteiger partial charge in [-0.1, -0.05) is 6.07 Å². The summed E-state index contributed by atoms with van der Waals surface area (Å²) in [7, 11) is 1.77. The van der Waals surface area contributed by atoms with Gasteiger partial charge in [0.2, 0.25) is 0 Å². The highest BCUT2D eigenvalue weighted by Crippen LogP contribution is 2.36. The van der Waals surface area contributed by atoms with Crippen molar-refractivity contribution in [3.8, 4) is 22.5 Å². The number of anilines is 2. The maximum atomic E-state index is 13.4. The molecule has 2 heterocycles. The summed E-state index contributed by atoms with van der Waals surface area (Å²) in [6.45, 7) is 0. The number of hydrogen-bond donors (Lipinski definition) is 3. The molecule has 0 spiro atoms. The van der Waals surface area contributed by atoms with Crippen molar-refractivity contribution >= 4 is 22.8 Å². The van der Waals surface area contributed by atoms with E-state index in [2.05, 4.69) is 20.4 Å². The highest BCUT2D eigenvalue weighted by molar-refractivity contribution is 5.85. The average Bonchev–Trinajstić information content (AvgIpc) is 3.18. The minimum atomic E-state index is -0.323. The van der Waals surface area contributed by atoms with E-state index in [0.29, 0.717) is 22.7 Å². The van der Waals surface area contributed by atoms with Crippen molar-refractivity contribution in [3.63, 3.8) is 0 Å². The zero-order chi connectivity index (χ0) is 19.0. The number of aromatic nitrogens is 3. The summed E-state index contributed by atoms with van der Waals surface area (Å²) in [6.07, 6.45) is 3.45. The van der Waals surface area contributed by atoms with Crippen LogP contribution in [0.2, 0.25) is 0 Å². The number of benzene rings is 2. The molecule has 4 aromatic rings. The number of nitrogens with two attached hydrogens (primary N) is 1. The summed E-state index contributed by atoms with van der Waals surface area (Å²) < 4.78 is 15.2. The molecule has 0 fully saturated rings. The fraction of sp³-hybridized carbons (Fsp3) is 0.0526. The van der Waals surface area contributed by atoms with Crippen LogP contribution in [-0.2, 0) is 0 Å². The molecule has 2 aromatic carbocycles. The second-order valence-electron chi connectivity index (χ2n) is 5.92. The van der Waals surface area contributed by atoms with E-state index in [0.717, 1.165) is 16.8 Å². The van der Waals surface area contributed by atoms with E-state index >= 15 is 0 Å². The standard InChI is InChI=1S/C19H16FN7/c1-23-15-10-12(4-7-14(15)26-22)17-16(11-2-5-13(20)6-3-11)25-18(21)19-24-8-9-27(17)19/h2-10,22-23H,1H3,(H2,21,25). The Morgan fingerprint density at radius 2 is 1.89 bits per heavy atom. The minimum absolute atomic E-state index is 0.287. The van der Waals surface area contributed by atoms with Crippen LogP contribution in [0, 0.1) is 11.3 Å². The van der Waals surface area contributed by atoms with Gasteiger partial charge in [0, 0.05) is 30.6 Å². The van der Waals surface area contributed by atoms with E-state index in [1.807, 2.05) is 16.5 Å². The molecule has 0 radical (unpaired) electrons. The topological polar surface area (TPSA) is 104 Å². The molecule has 0 unspecified atom stereocenters. The number of nitrogens with zero attached hydrogens (tertiary/aromatic N) is 4. The van der Waals surface area contributed by atoms with Gasteiger partial charge in [-0.3, -0.25) is 4.40 Å². The molecular weight excluding hydrogens is 345 g/mol. The normalized spacial score (nSPS) is 10.9. The van der Waals surface area contributed by atoms with Crippen LogP contribution < -0.4 is 11.1 Å². The van der Waals surface area contributed by atoms with Crippen molar-refractivity contribution in [1.82, 2.24) is 14.4 Å². The molecule has 0 saturated carbocycles. The molecule has 134 valence electrons. The summed E-state index contributed by atoms with van der Waals surface area (Å²) in [6, 6.07) is 11.6. The fourth-order valence-corrected chi connectivity index (χ4v) is 3.08. The third-order valence-corrected chi connectivity index (χ3v) is 4.34. The van der Waals surface area contributed by atoms with Crippen LogP contribution in [0.4, 0.5) is 21.6 Å². The van der Waals surface area contributed by atoms with Crippen LogP contribution in [0.3, 0.4) is 0 Å². The Hall–Kier alpha value is -3.81. The van der Waals surface area contributed by atoms with Crippen molar-refractivity contribution in [1.29, 1.82) is 5.53 Å². The lowest BCUT2D eigenvalue weighted by Gasteiger charge is -2.15. The molecule has 2 aromatic heterocycles. The predicted molar refractivity (Wildman–Crippen MR) is 103 cm³/mol. The van der Waals surface area contributed by atoms with Crippen molar-refractivity contribution in [2.45, 2.75) is 0 Å². The molecule has 4 N–H and O–H groups in total. The van der Waals surface area contributed by atoms with Crippen LogP contribution >= 0.6 is 0 Å². The van der Waals surface area contributed by atoms with E-state index < -0.39 is 0 Å². The number of fused-ring (bicyclic) bond motifs is 1. The minimum Gasteiger partial charge on any atom is -0.386 e. The Morgan fingerprint density at radius 3 is 2.59 bits per heavy atom. The van der Waals surface area contributed by atoms with E-state index in [4.69, 9.17) is 11.3 Å². The molecule has 0 aliphatic rings. The lowest BCUT2D eigenvalue weighted by Crippen LogP contribution is -2.04. The zero-order valence-electron chi connectivity index (χ0n) is 14.4. The third kappa shape index (κ3) is 2.77. The molecule has 0 aliphatic heterocycles. The first-order chi connectivity index (χ1) is 13.1. The first-order valence-corrected chi connectivity index (χ1v) is 8.20. The molecule has 7 nitrogen and oxygen atoms in total. The quantitative estimate of drug-likeness (QED) is 0.466. The first kappa shape index (κ1) is 16.6. The van der Waals surface area contributed by atoms with Crippen molar-refractivity contribution in [2.75, 3.05) is 18.1 Å². The number of halogens is 1. The Bertz CT molecular complexity index is 1150. The zero-order valence-corrected chi connectivity index (χ0v) is 14.4. The Kier molecular flexibility index (Phi) is 4.00. The van der Waals surface area contributed by atoms with Gasteiger partial charge < -0.3 is 11.1 Å². The van der Waals surface area contributed by atoms with Gasteiger partial charge >= 0.3 is 0 Å². The summed E-state index contributed by atoms with van der Waals surface area (Å²) in [5.41, 5.74) is 18.1. The van der Waals surface area contributed by atoms with Crippen LogP contribution in [0.25, 0.3) is 28.2 Å². The molecule has 0 amide bonds. The van der Waals surface area contributed by atoms with Gasteiger partial charge in [-0.15, -0.1) is 0 Å². The molecule has 8 heteroatoms. The first-order valence-electron chi connectivity index (χ1n) is 8.20. The second-order valence-corrected chi connectivity index (χ2v) is 5.92. The molecule has 4 rings (SSSR count). The average molecular weight is 361 g/mol. The fourth-order valence-electron chi connectivity index (χ4n) is 3.08. The number of rotatable bonds is 4. The van der Waals surface area contributed by atoms with Crippen LogP contribution in [0.1, 0.15) is 0 Å². The number of nitrogen functional groups attached to an aromatic ring is 1. The van der Waals surface area contributed by atoms with Gasteiger partial charge in [0.15, 0.2) is 11.5 Å². The van der Waals surface area contributed by atoms with Gasteiger partial charge in [0.05, 0.1) is 17.1 Å². The second kappa shape index (κ2) is 6.49. The van der Waals surface area contributed by atoms with E-state index in [1.165, 1.54) is 12.1 Å². The van der Waals surface area contributed by atoms with Crippen LogP contribution in [0.15, 0.2) is 60.0 Å². The summed E-state index contributed by atoms with van der Waals surface area (Å²) in [4.78, 5) is 8.82. The highest BCUT2D eigenvalue weighted by Gasteiger charge is 2.18. The van der Waals surface area contributed by atoms with Gasteiger partial charge in [0.1, 0.15) is 11.5 Å². The van der Waals surface area contributed by atoms with Crippen LogP contribution in [-0.4, -0.2) is 21.4 Å². The smallest absolute Gasteiger partial charge is 0.180 e. The molecule has 0 bridgehead atoms. The highest BCUT2D eigenvalue weighted by atomic mass is 19.1. The Morgan fingerprint density at radius 1 is 1.15 bits per heavy atom. The monoisotopic (exact) mass is 361 g/mol. The summed E-state index contributed by atoms with van der Waals surface area (Å²) in [5.74, 6) is -0.0365. The third-order valence-electron chi connectivity index (χ3n) is 4.34. The van der Waals surface area contributed by atoms with E-state index in [1.54, 1.807) is 37.6 Å². The lowest BCUT2D eigenvalue weighted by molar-refractivity contribution is 0.628. The van der Waals surface area contributed by atoms with Crippen molar-refractivity contribution in [3.05, 3.63) is 60.7 Å². The Balaban J connectivity index is 2.05. The maximum absolute atomic E-state index is 13.4. The van der Waals surface area contributed by atoms with Gasteiger partial charge in [0.25, 0.3) is 0 Å². The summed E-state index contributed by atoms with van der Waals surface area (Å²) >= 11 is 0. The number of hydrogen-bond acceptors (Lipinski definition) is 6. The lowest BCUT2D eigenvalue weighted by atomic mass is 10.0. The predicted octanol–water partition coefficient (Wildman–Crippen LogP) is 4.49. The Labute approximate surface area is 154 Å².